The molecule has 0 bridgehead atoms. The monoisotopic (exact) mass is 606 g/mol. The molecule has 44 heavy (non-hydrogen) atoms. The Labute approximate surface area is 260 Å². The summed E-state index contributed by atoms with van der Waals surface area (Å²) < 4.78 is 47.5. The second-order valence-electron chi connectivity index (χ2n) is 11.3. The van der Waals surface area contributed by atoms with E-state index in [9.17, 15) is 13.0 Å². The molecule has 5 rings (SSSR count). The molecule has 0 aromatic heterocycles. The molecule has 5 nitrogen and oxygen atoms in total. The lowest BCUT2D eigenvalue weighted by Crippen LogP contribution is -2.11. The van der Waals surface area contributed by atoms with Gasteiger partial charge in [-0.3, -0.25) is 4.55 Å². The van der Waals surface area contributed by atoms with Crippen molar-refractivity contribution in [3.05, 3.63) is 160 Å². The molecule has 0 spiro atoms. The Bertz CT molecular complexity index is 1720. The Morgan fingerprint density at radius 1 is 0.614 bits per heavy atom. The first-order valence-electron chi connectivity index (χ1n) is 14.8. The quantitative estimate of drug-likeness (QED) is 0.144. The summed E-state index contributed by atoms with van der Waals surface area (Å²) in [6, 6.07) is 37.6. The highest BCUT2D eigenvalue weighted by molar-refractivity contribution is 7.85. The Hall–Kier alpha value is -4.39. The predicted molar refractivity (Wildman–Crippen MR) is 175 cm³/mol. The van der Waals surface area contributed by atoms with Gasteiger partial charge in [-0.1, -0.05) is 103 Å². The van der Waals surface area contributed by atoms with Gasteiger partial charge in [0, 0.05) is 17.0 Å². The molecule has 0 fully saturated rings. The number of aryl methyl sites for hydroxylation is 4. The zero-order valence-electron chi connectivity index (χ0n) is 25.4. The molecule has 0 atom stereocenters. The topological polar surface area (TPSA) is 72.8 Å². The van der Waals surface area contributed by atoms with Crippen LogP contribution in [0.5, 0.6) is 11.5 Å². The van der Waals surface area contributed by atoms with Gasteiger partial charge in [-0.05, 0) is 79.6 Å². The average Bonchev–Trinajstić information content (AvgIpc) is 3.01. The fourth-order valence-corrected chi connectivity index (χ4v) is 6.25. The normalized spacial score (nSPS) is 11.5. The predicted octanol–water partition coefficient (Wildman–Crippen LogP) is 8.78. The summed E-state index contributed by atoms with van der Waals surface area (Å²) in [6.07, 6.45) is 0.973. The minimum absolute atomic E-state index is 0.0595. The van der Waals surface area contributed by atoms with Crippen molar-refractivity contribution < 1.29 is 22.4 Å². The van der Waals surface area contributed by atoms with E-state index in [-0.39, 0.29) is 10.8 Å². The molecule has 0 saturated heterocycles. The summed E-state index contributed by atoms with van der Waals surface area (Å²) in [5.41, 5.74) is 7.76. The van der Waals surface area contributed by atoms with Crippen molar-refractivity contribution in [2.45, 2.75) is 57.6 Å². The van der Waals surface area contributed by atoms with Crippen LogP contribution in [-0.2, 0) is 29.8 Å². The molecule has 1 N–H and O–H groups in total. The van der Waals surface area contributed by atoms with Gasteiger partial charge < -0.3 is 9.47 Å². The van der Waals surface area contributed by atoms with E-state index in [1.54, 1.807) is 6.07 Å². The van der Waals surface area contributed by atoms with Gasteiger partial charge >= 0.3 is 0 Å². The molecule has 0 heterocycles. The highest BCUT2D eigenvalue weighted by atomic mass is 32.2. The van der Waals surface area contributed by atoms with Crippen molar-refractivity contribution in [3.63, 3.8) is 0 Å². The van der Waals surface area contributed by atoms with Gasteiger partial charge in [0.2, 0.25) is 0 Å². The first kappa shape index (κ1) is 31.0. The molecule has 0 aliphatic rings. The van der Waals surface area contributed by atoms with E-state index in [1.807, 2.05) is 87.5 Å². The molecule has 5 aromatic carbocycles. The van der Waals surface area contributed by atoms with Gasteiger partial charge in [0.15, 0.2) is 0 Å². The maximum atomic E-state index is 12.3. The van der Waals surface area contributed by atoms with E-state index in [0.717, 1.165) is 50.4 Å². The lowest BCUT2D eigenvalue weighted by Gasteiger charge is -2.25. The van der Waals surface area contributed by atoms with Crippen LogP contribution >= 0.6 is 0 Å². The molecular formula is C38H38O5S. The van der Waals surface area contributed by atoms with Crippen molar-refractivity contribution in [2.75, 3.05) is 0 Å². The summed E-state index contributed by atoms with van der Waals surface area (Å²) in [5.74, 6) is 1.35. The van der Waals surface area contributed by atoms with Crippen molar-refractivity contribution >= 4 is 10.1 Å². The molecule has 6 heteroatoms. The Kier molecular flexibility index (Phi) is 9.83. The van der Waals surface area contributed by atoms with Gasteiger partial charge in [0.05, 0.1) is 4.90 Å². The first-order valence-corrected chi connectivity index (χ1v) is 16.2. The van der Waals surface area contributed by atoms with Crippen LogP contribution in [0.4, 0.5) is 0 Å². The number of ether oxygens (including phenoxy) is 2. The standard InChI is InChI=1S/C38H38O5S/c1-27-16-21-38(44(39,40)41)32(22-27)17-20-33(34-18-14-28(2)23-36(34)42-25-30-10-6-4-7-11-30)35-19-15-29(3)24-37(35)43-26-31-12-8-5-9-13-31/h4-16,18-19,21-24,33H,17,20,25-26H2,1-3H3,(H,39,40,41). The molecular weight excluding hydrogens is 568 g/mol. The van der Waals surface area contributed by atoms with Gasteiger partial charge in [-0.15, -0.1) is 0 Å². The van der Waals surface area contributed by atoms with Gasteiger partial charge in [0.1, 0.15) is 24.7 Å². The van der Waals surface area contributed by atoms with Gasteiger partial charge in [-0.2, -0.15) is 8.42 Å². The third-order valence-corrected chi connectivity index (χ3v) is 8.71. The van der Waals surface area contributed by atoms with E-state index in [1.165, 1.54) is 6.07 Å². The van der Waals surface area contributed by atoms with Crippen molar-refractivity contribution in [3.8, 4) is 11.5 Å². The molecule has 0 saturated carbocycles. The molecule has 0 radical (unpaired) electrons. The summed E-state index contributed by atoms with van der Waals surface area (Å²) in [6.45, 7) is 6.83. The summed E-state index contributed by atoms with van der Waals surface area (Å²) in [5, 5.41) is 0. The van der Waals surface area contributed by atoms with E-state index < -0.39 is 10.1 Å². The third-order valence-electron chi connectivity index (χ3n) is 7.76. The molecule has 5 aromatic rings. The number of hydrogen-bond acceptors (Lipinski definition) is 4. The molecule has 0 amide bonds. The average molecular weight is 607 g/mol. The number of rotatable bonds is 12. The van der Waals surface area contributed by atoms with Crippen LogP contribution in [0, 0.1) is 20.8 Å². The minimum Gasteiger partial charge on any atom is -0.489 e. The van der Waals surface area contributed by atoms with E-state index >= 15 is 0 Å². The third kappa shape index (κ3) is 7.95. The van der Waals surface area contributed by atoms with Gasteiger partial charge in [-0.25, -0.2) is 0 Å². The van der Waals surface area contributed by atoms with Gasteiger partial charge in [0.25, 0.3) is 10.1 Å². The highest BCUT2D eigenvalue weighted by Gasteiger charge is 2.25. The lowest BCUT2D eigenvalue weighted by atomic mass is 9.84. The van der Waals surface area contributed by atoms with Crippen molar-refractivity contribution in [1.82, 2.24) is 0 Å². The SMILES string of the molecule is Cc1ccc(S(=O)(=O)O)c(CCC(c2ccc(C)cc2OCc2ccccc2)c2ccc(C)cc2OCc2ccccc2)c1. The summed E-state index contributed by atoms with van der Waals surface area (Å²) in [4.78, 5) is -0.0595. The molecule has 0 aliphatic carbocycles. The molecule has 0 aliphatic heterocycles. The summed E-state index contributed by atoms with van der Waals surface area (Å²) in [7, 11) is -4.38. The molecule has 226 valence electrons. The zero-order valence-corrected chi connectivity index (χ0v) is 26.2. The Morgan fingerprint density at radius 3 is 1.55 bits per heavy atom. The molecule has 0 unspecified atom stereocenters. The number of hydrogen-bond donors (Lipinski definition) is 1. The van der Waals surface area contributed by atoms with Crippen LogP contribution in [0.3, 0.4) is 0 Å². The highest BCUT2D eigenvalue weighted by Crippen LogP contribution is 2.41. The second kappa shape index (κ2) is 13.9. The van der Waals surface area contributed by atoms with Crippen LogP contribution in [0.1, 0.15) is 56.8 Å². The maximum absolute atomic E-state index is 12.3. The second-order valence-corrected chi connectivity index (χ2v) is 12.7. The van der Waals surface area contributed by atoms with Crippen LogP contribution in [-0.4, -0.2) is 13.0 Å². The minimum atomic E-state index is -4.38. The Morgan fingerprint density at radius 2 is 1.07 bits per heavy atom. The zero-order chi connectivity index (χ0) is 31.1. The summed E-state index contributed by atoms with van der Waals surface area (Å²) >= 11 is 0. The van der Waals surface area contributed by atoms with Crippen molar-refractivity contribution in [2.24, 2.45) is 0 Å². The van der Waals surface area contributed by atoms with Crippen LogP contribution < -0.4 is 9.47 Å². The fraction of sp³-hybridized carbons (Fsp3) is 0.211. The van der Waals surface area contributed by atoms with E-state index in [4.69, 9.17) is 9.47 Å². The van der Waals surface area contributed by atoms with Crippen LogP contribution in [0.2, 0.25) is 0 Å². The lowest BCUT2D eigenvalue weighted by molar-refractivity contribution is 0.296. The largest absolute Gasteiger partial charge is 0.489 e. The van der Waals surface area contributed by atoms with Crippen LogP contribution in [0.25, 0.3) is 0 Å². The smallest absolute Gasteiger partial charge is 0.294 e. The Balaban J connectivity index is 1.57. The first-order chi connectivity index (χ1) is 21.2. The fourth-order valence-electron chi connectivity index (χ4n) is 5.51. The van der Waals surface area contributed by atoms with Crippen LogP contribution in [0.15, 0.2) is 120 Å². The maximum Gasteiger partial charge on any atom is 0.294 e. The number of benzene rings is 5. The van der Waals surface area contributed by atoms with E-state index in [0.29, 0.717) is 31.6 Å². The van der Waals surface area contributed by atoms with Crippen molar-refractivity contribution in [1.29, 1.82) is 0 Å². The van der Waals surface area contributed by atoms with E-state index in [2.05, 4.69) is 36.4 Å².